The molecule has 25 heavy (non-hydrogen) atoms. The summed E-state index contributed by atoms with van der Waals surface area (Å²) in [4.78, 5) is 25.5. The van der Waals surface area contributed by atoms with Gasteiger partial charge in [-0.25, -0.2) is 4.90 Å². The number of rotatable bonds is 3. The van der Waals surface area contributed by atoms with Crippen LogP contribution in [0.5, 0.6) is 0 Å². The van der Waals surface area contributed by atoms with Crippen LogP contribution in [0.15, 0.2) is 48.5 Å². The molecule has 0 bridgehead atoms. The van der Waals surface area contributed by atoms with Crippen LogP contribution in [-0.4, -0.2) is 17.9 Å². The molecule has 8 heteroatoms. The molecule has 0 aromatic heterocycles. The van der Waals surface area contributed by atoms with Gasteiger partial charge in [0.25, 0.3) is 5.91 Å². The van der Waals surface area contributed by atoms with E-state index in [1.165, 1.54) is 0 Å². The quantitative estimate of drug-likeness (QED) is 0.830. The van der Waals surface area contributed by atoms with E-state index in [1.807, 2.05) is 0 Å². The highest BCUT2D eigenvalue weighted by atomic mass is 35.5. The van der Waals surface area contributed by atoms with Crippen LogP contribution in [-0.2, 0) is 15.8 Å². The third kappa shape index (κ3) is 3.46. The lowest BCUT2D eigenvalue weighted by molar-refractivity contribution is -0.137. The second-order valence-electron chi connectivity index (χ2n) is 5.50. The maximum absolute atomic E-state index is 12.9. The molecule has 1 aliphatic heterocycles. The molecular formula is C17H12ClF3N2O2. The number of hydrogen-bond donors (Lipinski definition) is 1. The van der Waals surface area contributed by atoms with Gasteiger partial charge in [-0.05, 0) is 30.3 Å². The van der Waals surface area contributed by atoms with Gasteiger partial charge in [0.15, 0.2) is 0 Å². The van der Waals surface area contributed by atoms with Crippen LogP contribution < -0.4 is 10.2 Å². The maximum atomic E-state index is 12.9. The minimum atomic E-state index is -4.60. The van der Waals surface area contributed by atoms with E-state index in [-0.39, 0.29) is 17.1 Å². The highest BCUT2D eigenvalue weighted by molar-refractivity contribution is 6.36. The predicted molar refractivity (Wildman–Crippen MR) is 87.4 cm³/mol. The van der Waals surface area contributed by atoms with Crippen molar-refractivity contribution in [3.63, 3.8) is 0 Å². The van der Waals surface area contributed by atoms with Crippen molar-refractivity contribution in [2.45, 2.75) is 18.6 Å². The average molecular weight is 369 g/mol. The third-order valence-corrected chi connectivity index (χ3v) is 4.10. The van der Waals surface area contributed by atoms with Crippen LogP contribution in [0, 0.1) is 0 Å². The first-order chi connectivity index (χ1) is 11.8. The lowest BCUT2D eigenvalue weighted by atomic mass is 10.2. The second kappa shape index (κ2) is 6.40. The van der Waals surface area contributed by atoms with Crippen LogP contribution in [0.2, 0.25) is 5.02 Å². The fourth-order valence-corrected chi connectivity index (χ4v) is 2.80. The molecule has 1 atom stereocenters. The number of halogens is 4. The second-order valence-corrected chi connectivity index (χ2v) is 5.91. The Morgan fingerprint density at radius 1 is 1.08 bits per heavy atom. The number of carbonyl (C=O) groups excluding carboxylic acids is 2. The van der Waals surface area contributed by atoms with E-state index < -0.39 is 29.6 Å². The molecule has 2 aromatic carbocycles. The van der Waals surface area contributed by atoms with Crippen LogP contribution in [0.3, 0.4) is 0 Å². The van der Waals surface area contributed by atoms with E-state index in [2.05, 4.69) is 5.32 Å². The first kappa shape index (κ1) is 17.3. The summed E-state index contributed by atoms with van der Waals surface area (Å²) in [6, 6.07) is 10.4. The normalized spacial score (nSPS) is 17.9. The van der Waals surface area contributed by atoms with Gasteiger partial charge in [0.05, 0.1) is 22.7 Å². The van der Waals surface area contributed by atoms with E-state index in [9.17, 15) is 22.8 Å². The van der Waals surface area contributed by atoms with Crippen LogP contribution >= 0.6 is 11.6 Å². The van der Waals surface area contributed by atoms with E-state index in [0.717, 1.165) is 12.1 Å². The molecule has 0 radical (unpaired) electrons. The summed E-state index contributed by atoms with van der Waals surface area (Å²) < 4.78 is 38.7. The SMILES string of the molecule is O=C1C[C@@H](Nc2ccccc2)C(=O)N1c1cc(C(F)(F)F)ccc1Cl. The Morgan fingerprint density at radius 3 is 2.40 bits per heavy atom. The van der Waals surface area contributed by atoms with Crippen molar-refractivity contribution < 1.29 is 22.8 Å². The van der Waals surface area contributed by atoms with Crippen molar-refractivity contribution in [1.29, 1.82) is 0 Å². The molecule has 1 aliphatic rings. The third-order valence-electron chi connectivity index (χ3n) is 3.78. The fourth-order valence-electron chi connectivity index (χ4n) is 2.59. The van der Waals surface area contributed by atoms with E-state index >= 15 is 0 Å². The molecular weight excluding hydrogens is 357 g/mol. The molecule has 3 rings (SSSR count). The van der Waals surface area contributed by atoms with Gasteiger partial charge >= 0.3 is 6.18 Å². The highest BCUT2D eigenvalue weighted by Crippen LogP contribution is 2.37. The zero-order chi connectivity index (χ0) is 18.2. The predicted octanol–water partition coefficient (Wildman–Crippen LogP) is 4.10. The number of amides is 2. The molecule has 1 heterocycles. The van der Waals surface area contributed by atoms with E-state index in [0.29, 0.717) is 16.7 Å². The van der Waals surface area contributed by atoms with Gasteiger partial charge in [0, 0.05) is 5.69 Å². The van der Waals surface area contributed by atoms with Gasteiger partial charge in [-0.3, -0.25) is 9.59 Å². The van der Waals surface area contributed by atoms with Crippen LogP contribution in [0.4, 0.5) is 24.5 Å². The number of anilines is 2. The Morgan fingerprint density at radius 2 is 1.76 bits per heavy atom. The van der Waals surface area contributed by atoms with Gasteiger partial charge in [0.2, 0.25) is 5.91 Å². The van der Waals surface area contributed by atoms with Crippen molar-refractivity contribution in [3.8, 4) is 0 Å². The average Bonchev–Trinajstić information content (AvgIpc) is 2.82. The standard InChI is InChI=1S/C17H12ClF3N2O2/c18-12-7-6-10(17(19,20)21)8-14(12)23-15(24)9-13(16(23)25)22-11-4-2-1-3-5-11/h1-8,13,22H,9H2/t13-/m1/s1. The summed E-state index contributed by atoms with van der Waals surface area (Å²) in [5.41, 5.74) is -0.610. The number of nitrogens with one attached hydrogen (secondary N) is 1. The maximum Gasteiger partial charge on any atom is 0.416 e. The number of nitrogens with zero attached hydrogens (tertiary/aromatic N) is 1. The van der Waals surface area contributed by atoms with Gasteiger partial charge in [0.1, 0.15) is 6.04 Å². The fraction of sp³-hybridized carbons (Fsp3) is 0.176. The van der Waals surface area contributed by atoms with E-state index in [4.69, 9.17) is 11.6 Å². The van der Waals surface area contributed by atoms with E-state index in [1.54, 1.807) is 30.3 Å². The smallest absolute Gasteiger partial charge is 0.373 e. The molecule has 0 spiro atoms. The Kier molecular flexibility index (Phi) is 4.43. The van der Waals surface area contributed by atoms with Gasteiger partial charge in [-0.2, -0.15) is 13.2 Å². The van der Waals surface area contributed by atoms with Crippen LogP contribution in [0.1, 0.15) is 12.0 Å². The number of alkyl halides is 3. The highest BCUT2D eigenvalue weighted by Gasteiger charge is 2.41. The minimum absolute atomic E-state index is 0.102. The van der Waals surface area contributed by atoms with Gasteiger partial charge in [-0.15, -0.1) is 0 Å². The van der Waals surface area contributed by atoms with Crippen molar-refractivity contribution in [3.05, 3.63) is 59.1 Å². The number of benzene rings is 2. The first-order valence-corrected chi connectivity index (χ1v) is 7.70. The number of imide groups is 1. The molecule has 2 aromatic rings. The van der Waals surface area contributed by atoms with Crippen molar-refractivity contribution in [1.82, 2.24) is 0 Å². The first-order valence-electron chi connectivity index (χ1n) is 7.32. The Bertz CT molecular complexity index is 824. The summed E-state index contributed by atoms with van der Waals surface area (Å²) >= 11 is 5.93. The molecule has 0 unspecified atom stereocenters. The zero-order valence-corrected chi connectivity index (χ0v) is 13.4. The lowest BCUT2D eigenvalue weighted by Crippen LogP contribution is -2.35. The number of para-hydroxylation sites is 1. The summed E-state index contributed by atoms with van der Waals surface area (Å²) in [7, 11) is 0. The summed E-state index contributed by atoms with van der Waals surface area (Å²) in [6.07, 6.45) is -4.77. The summed E-state index contributed by atoms with van der Waals surface area (Å²) in [6.45, 7) is 0. The Hall–Kier alpha value is -2.54. The molecule has 0 aliphatic carbocycles. The number of hydrogen-bond acceptors (Lipinski definition) is 3. The lowest BCUT2D eigenvalue weighted by Gasteiger charge is -2.19. The van der Waals surface area contributed by atoms with Gasteiger partial charge < -0.3 is 5.32 Å². The molecule has 1 N–H and O–H groups in total. The zero-order valence-electron chi connectivity index (χ0n) is 12.7. The Balaban J connectivity index is 1.90. The summed E-state index contributed by atoms with van der Waals surface area (Å²) in [5.74, 6) is -1.25. The topological polar surface area (TPSA) is 49.4 Å². The molecule has 0 saturated carbocycles. The van der Waals surface area contributed by atoms with Crippen molar-refractivity contribution in [2.75, 3.05) is 10.2 Å². The monoisotopic (exact) mass is 368 g/mol. The largest absolute Gasteiger partial charge is 0.416 e. The molecule has 130 valence electrons. The number of carbonyl (C=O) groups is 2. The molecule has 2 amide bonds. The Labute approximate surface area is 146 Å². The molecule has 1 fully saturated rings. The van der Waals surface area contributed by atoms with Crippen molar-refractivity contribution in [2.24, 2.45) is 0 Å². The van der Waals surface area contributed by atoms with Crippen molar-refractivity contribution >= 4 is 34.8 Å². The van der Waals surface area contributed by atoms with Crippen LogP contribution in [0.25, 0.3) is 0 Å². The van der Waals surface area contributed by atoms with Gasteiger partial charge in [-0.1, -0.05) is 29.8 Å². The molecule has 4 nitrogen and oxygen atoms in total. The molecule has 1 saturated heterocycles. The minimum Gasteiger partial charge on any atom is -0.373 e. The summed E-state index contributed by atoms with van der Waals surface area (Å²) in [5, 5.41) is 2.81.